The topological polar surface area (TPSA) is 60.9 Å². The molecule has 5 nitrogen and oxygen atoms in total. The van der Waals surface area contributed by atoms with E-state index in [0.717, 1.165) is 19.4 Å². The standard InChI is InChI=1S/C32H36F2N2O3/c1-21-26(13-8-14-29(21)34)30-27(31(38)22-9-6-11-24(33)17-22)19-36(16-5-4-15-35(2)3)20-28(30)32(39)23-10-7-12-25(37)18-23/h6-14,17-18,27-28,30,37H,4-5,15-16,19-20H2,1-3H3/t27-,28+,30+/m1/s1. The number of rotatable bonds is 10. The van der Waals surface area contributed by atoms with Crippen molar-refractivity contribution in [2.45, 2.75) is 25.7 Å². The number of carbonyl (C=O) groups excluding carboxylic acids is 2. The maximum Gasteiger partial charge on any atom is 0.167 e. The summed E-state index contributed by atoms with van der Waals surface area (Å²) >= 11 is 0. The van der Waals surface area contributed by atoms with E-state index in [2.05, 4.69) is 9.80 Å². The van der Waals surface area contributed by atoms with Crippen molar-refractivity contribution in [3.05, 3.63) is 101 Å². The molecule has 0 saturated carbocycles. The fraction of sp³-hybridized carbons (Fsp3) is 0.375. The number of unbranched alkanes of at least 4 members (excludes halogenated alkanes) is 1. The molecule has 0 aliphatic carbocycles. The Morgan fingerprint density at radius 1 is 0.897 bits per heavy atom. The first-order valence-corrected chi connectivity index (χ1v) is 13.4. The highest BCUT2D eigenvalue weighted by Crippen LogP contribution is 2.42. The Labute approximate surface area is 229 Å². The molecule has 1 N–H and O–H groups in total. The Morgan fingerprint density at radius 3 is 2.13 bits per heavy atom. The molecule has 7 heteroatoms. The number of Topliss-reactive ketones (excluding diaryl/α,β-unsaturated/α-hetero) is 2. The first-order valence-electron chi connectivity index (χ1n) is 13.4. The van der Waals surface area contributed by atoms with Crippen molar-refractivity contribution < 1.29 is 23.5 Å². The van der Waals surface area contributed by atoms with Crippen LogP contribution in [0.3, 0.4) is 0 Å². The minimum absolute atomic E-state index is 0.0249. The Balaban J connectivity index is 1.79. The molecule has 3 atom stereocenters. The van der Waals surface area contributed by atoms with Gasteiger partial charge in [0.25, 0.3) is 0 Å². The van der Waals surface area contributed by atoms with E-state index in [9.17, 15) is 23.5 Å². The minimum atomic E-state index is -0.693. The van der Waals surface area contributed by atoms with Gasteiger partial charge in [0.05, 0.1) is 0 Å². The molecule has 1 fully saturated rings. The maximum absolute atomic E-state index is 14.8. The summed E-state index contributed by atoms with van der Waals surface area (Å²) in [6.07, 6.45) is 1.85. The lowest BCUT2D eigenvalue weighted by atomic mass is 9.67. The van der Waals surface area contributed by atoms with Crippen LogP contribution in [0.1, 0.15) is 50.6 Å². The van der Waals surface area contributed by atoms with Crippen LogP contribution in [-0.2, 0) is 0 Å². The van der Waals surface area contributed by atoms with Crippen LogP contribution in [0.25, 0.3) is 0 Å². The fourth-order valence-corrected chi connectivity index (χ4v) is 5.72. The van der Waals surface area contributed by atoms with E-state index >= 15 is 0 Å². The number of carbonyl (C=O) groups is 2. The summed E-state index contributed by atoms with van der Waals surface area (Å²) in [6, 6.07) is 16.5. The molecule has 0 spiro atoms. The highest BCUT2D eigenvalue weighted by atomic mass is 19.1. The van der Waals surface area contributed by atoms with Crippen LogP contribution in [-0.4, -0.2) is 66.7 Å². The van der Waals surface area contributed by atoms with E-state index in [4.69, 9.17) is 0 Å². The van der Waals surface area contributed by atoms with Gasteiger partial charge in [-0.05, 0) is 88.4 Å². The molecule has 1 aliphatic rings. The third kappa shape index (κ3) is 6.78. The first kappa shape index (κ1) is 28.6. The summed E-state index contributed by atoms with van der Waals surface area (Å²) in [5.74, 6) is -3.40. The Kier molecular flexibility index (Phi) is 9.25. The maximum atomic E-state index is 14.8. The summed E-state index contributed by atoms with van der Waals surface area (Å²) in [6.45, 7) is 4.05. The Bertz CT molecular complexity index is 1260. The summed E-state index contributed by atoms with van der Waals surface area (Å²) in [5.41, 5.74) is 1.57. The van der Waals surface area contributed by atoms with Crippen molar-refractivity contribution in [2.75, 3.05) is 40.3 Å². The number of nitrogens with zero attached hydrogens (tertiary/aromatic N) is 2. The average molecular weight is 535 g/mol. The molecule has 206 valence electrons. The van der Waals surface area contributed by atoms with E-state index in [0.29, 0.717) is 36.3 Å². The number of hydrogen-bond acceptors (Lipinski definition) is 5. The van der Waals surface area contributed by atoms with E-state index in [-0.39, 0.29) is 22.9 Å². The van der Waals surface area contributed by atoms with Gasteiger partial charge in [0.1, 0.15) is 17.4 Å². The van der Waals surface area contributed by atoms with Gasteiger partial charge in [-0.1, -0.05) is 36.4 Å². The number of phenols is 1. The third-order valence-electron chi connectivity index (χ3n) is 7.69. The molecule has 1 heterocycles. The van der Waals surface area contributed by atoms with Crippen molar-refractivity contribution in [3.63, 3.8) is 0 Å². The van der Waals surface area contributed by atoms with Gasteiger partial charge in [0, 0.05) is 42.0 Å². The molecular formula is C32H36F2N2O3. The van der Waals surface area contributed by atoms with Crippen LogP contribution in [0.5, 0.6) is 5.75 Å². The molecule has 4 rings (SSSR count). The van der Waals surface area contributed by atoms with Crippen LogP contribution in [0, 0.1) is 30.4 Å². The normalized spacial score (nSPS) is 19.8. The van der Waals surface area contributed by atoms with Crippen LogP contribution in [0.4, 0.5) is 8.78 Å². The van der Waals surface area contributed by atoms with Gasteiger partial charge in [-0.15, -0.1) is 0 Å². The molecule has 1 saturated heterocycles. The zero-order valence-corrected chi connectivity index (χ0v) is 22.7. The second-order valence-corrected chi connectivity index (χ2v) is 10.8. The zero-order chi connectivity index (χ0) is 28.1. The lowest BCUT2D eigenvalue weighted by molar-refractivity contribution is 0.0567. The number of piperidine rings is 1. The highest BCUT2D eigenvalue weighted by Gasteiger charge is 2.45. The van der Waals surface area contributed by atoms with Crippen molar-refractivity contribution in [1.82, 2.24) is 9.80 Å². The molecular weight excluding hydrogens is 498 g/mol. The summed E-state index contributed by atoms with van der Waals surface area (Å²) < 4.78 is 29.0. The molecule has 39 heavy (non-hydrogen) atoms. The average Bonchev–Trinajstić information content (AvgIpc) is 2.91. The van der Waals surface area contributed by atoms with Gasteiger partial charge < -0.3 is 14.9 Å². The molecule has 0 aromatic heterocycles. The quantitative estimate of drug-likeness (QED) is 0.266. The van der Waals surface area contributed by atoms with Gasteiger partial charge in [-0.3, -0.25) is 9.59 Å². The number of halogens is 2. The number of phenolic OH excluding ortho intramolecular Hbond substituents is 1. The summed E-state index contributed by atoms with van der Waals surface area (Å²) in [5, 5.41) is 10.1. The van der Waals surface area contributed by atoms with Gasteiger partial charge in [-0.2, -0.15) is 0 Å². The van der Waals surface area contributed by atoms with Gasteiger partial charge in [0.15, 0.2) is 11.6 Å². The van der Waals surface area contributed by atoms with Crippen molar-refractivity contribution >= 4 is 11.6 Å². The van der Waals surface area contributed by atoms with Gasteiger partial charge in [-0.25, -0.2) is 8.78 Å². The Hall–Kier alpha value is -3.42. The van der Waals surface area contributed by atoms with E-state index in [1.165, 1.54) is 36.4 Å². The van der Waals surface area contributed by atoms with Gasteiger partial charge >= 0.3 is 0 Å². The lowest BCUT2D eigenvalue weighted by Gasteiger charge is -2.43. The van der Waals surface area contributed by atoms with E-state index in [1.54, 1.807) is 37.3 Å². The minimum Gasteiger partial charge on any atom is -0.508 e. The second kappa shape index (κ2) is 12.6. The molecule has 1 aliphatic heterocycles. The third-order valence-corrected chi connectivity index (χ3v) is 7.69. The molecule has 0 bridgehead atoms. The van der Waals surface area contributed by atoms with E-state index in [1.807, 2.05) is 14.1 Å². The smallest absolute Gasteiger partial charge is 0.167 e. The van der Waals surface area contributed by atoms with Crippen LogP contribution >= 0.6 is 0 Å². The molecule has 0 radical (unpaired) electrons. The molecule has 3 aromatic carbocycles. The largest absolute Gasteiger partial charge is 0.508 e. The van der Waals surface area contributed by atoms with Crippen LogP contribution in [0.15, 0.2) is 66.7 Å². The lowest BCUT2D eigenvalue weighted by Crippen LogP contribution is -2.50. The number of hydrogen-bond donors (Lipinski definition) is 1. The van der Waals surface area contributed by atoms with Gasteiger partial charge in [0.2, 0.25) is 0 Å². The molecule has 0 amide bonds. The number of likely N-dealkylation sites (tertiary alicyclic amines) is 1. The number of aromatic hydroxyl groups is 1. The van der Waals surface area contributed by atoms with Crippen LogP contribution < -0.4 is 0 Å². The van der Waals surface area contributed by atoms with Crippen molar-refractivity contribution in [3.8, 4) is 5.75 Å². The Morgan fingerprint density at radius 2 is 1.51 bits per heavy atom. The van der Waals surface area contributed by atoms with Crippen molar-refractivity contribution in [1.29, 1.82) is 0 Å². The predicted octanol–water partition coefficient (Wildman–Crippen LogP) is 5.72. The van der Waals surface area contributed by atoms with Crippen LogP contribution in [0.2, 0.25) is 0 Å². The zero-order valence-electron chi connectivity index (χ0n) is 22.7. The first-order chi connectivity index (χ1) is 18.7. The number of ketones is 2. The summed E-state index contributed by atoms with van der Waals surface area (Å²) in [7, 11) is 4.04. The molecule has 0 unspecified atom stereocenters. The SMILES string of the molecule is Cc1c(F)cccc1[C@@H]1[C@@H](C(=O)c2cccc(O)c2)CN(CCCCN(C)C)C[C@H]1C(=O)c1cccc(F)c1. The van der Waals surface area contributed by atoms with E-state index < -0.39 is 29.4 Å². The predicted molar refractivity (Wildman–Crippen MR) is 148 cm³/mol. The number of benzene rings is 3. The van der Waals surface area contributed by atoms with Crippen molar-refractivity contribution in [2.24, 2.45) is 11.8 Å². The summed E-state index contributed by atoms with van der Waals surface area (Å²) in [4.78, 5) is 32.3. The highest BCUT2D eigenvalue weighted by molar-refractivity contribution is 6.02. The fourth-order valence-electron chi connectivity index (χ4n) is 5.72. The second-order valence-electron chi connectivity index (χ2n) is 10.8. The molecule has 3 aromatic rings. The monoisotopic (exact) mass is 534 g/mol.